The van der Waals surface area contributed by atoms with Crippen LogP contribution in [0.1, 0.15) is 59.8 Å². The molecule has 0 nitrogen and oxygen atoms in total. The van der Waals surface area contributed by atoms with Gasteiger partial charge in [0.1, 0.15) is 0 Å². The van der Waals surface area contributed by atoms with Crippen molar-refractivity contribution in [2.45, 2.75) is 59.8 Å². The zero-order valence-electron chi connectivity index (χ0n) is 10.8. The fourth-order valence-corrected chi connectivity index (χ4v) is 5.77. The van der Waals surface area contributed by atoms with Gasteiger partial charge in [-0.25, -0.2) is 0 Å². The maximum absolute atomic E-state index is 2.55. The molecule has 3 aliphatic rings. The monoisotopic (exact) mass is 206 g/mol. The Morgan fingerprint density at radius 1 is 0.933 bits per heavy atom. The van der Waals surface area contributed by atoms with Crippen LogP contribution < -0.4 is 0 Å². The molecule has 0 heteroatoms. The second kappa shape index (κ2) is 2.81. The van der Waals surface area contributed by atoms with E-state index < -0.39 is 0 Å². The van der Waals surface area contributed by atoms with Crippen LogP contribution in [0.25, 0.3) is 0 Å². The van der Waals surface area contributed by atoms with Crippen molar-refractivity contribution < 1.29 is 0 Å². The molecule has 3 rings (SSSR count). The van der Waals surface area contributed by atoms with Gasteiger partial charge in [-0.15, -0.1) is 0 Å². The Morgan fingerprint density at radius 2 is 1.53 bits per heavy atom. The molecule has 0 aliphatic heterocycles. The van der Waals surface area contributed by atoms with Crippen LogP contribution in [0.4, 0.5) is 0 Å². The SMILES string of the molecule is CC1CCC[C@@H](C)C12CC[C@@H]1[C@H]2C1(C)C. The fourth-order valence-electron chi connectivity index (χ4n) is 5.77. The summed E-state index contributed by atoms with van der Waals surface area (Å²) in [6, 6.07) is 0. The molecule has 15 heavy (non-hydrogen) atoms. The van der Waals surface area contributed by atoms with Crippen LogP contribution in [0.5, 0.6) is 0 Å². The highest BCUT2D eigenvalue weighted by atomic mass is 14.8. The molecule has 0 aromatic heterocycles. The molecule has 0 radical (unpaired) electrons. The molecule has 0 aromatic carbocycles. The van der Waals surface area contributed by atoms with Crippen molar-refractivity contribution in [2.75, 3.05) is 0 Å². The summed E-state index contributed by atoms with van der Waals surface area (Å²) in [4.78, 5) is 0. The number of hydrogen-bond acceptors (Lipinski definition) is 0. The smallest absolute Gasteiger partial charge is 0.0210 e. The molecule has 3 fully saturated rings. The van der Waals surface area contributed by atoms with E-state index in [1.54, 1.807) is 6.42 Å². The Labute approximate surface area is 94.8 Å². The molecule has 5 atom stereocenters. The van der Waals surface area contributed by atoms with Crippen molar-refractivity contribution in [3.63, 3.8) is 0 Å². The van der Waals surface area contributed by atoms with Crippen molar-refractivity contribution >= 4 is 0 Å². The average Bonchev–Trinajstić information content (AvgIpc) is 2.60. The quantitative estimate of drug-likeness (QED) is 0.547. The Bertz CT molecular complexity index is 266. The minimum absolute atomic E-state index is 0.693. The minimum atomic E-state index is 0.693. The summed E-state index contributed by atoms with van der Waals surface area (Å²) >= 11 is 0. The highest BCUT2D eigenvalue weighted by Crippen LogP contribution is 2.78. The Kier molecular flexibility index (Phi) is 1.91. The summed E-state index contributed by atoms with van der Waals surface area (Å²) in [6.07, 6.45) is 7.58. The van der Waals surface area contributed by atoms with E-state index in [1.807, 2.05) is 0 Å². The van der Waals surface area contributed by atoms with Gasteiger partial charge in [-0.05, 0) is 47.3 Å². The van der Waals surface area contributed by atoms with E-state index in [2.05, 4.69) is 27.7 Å². The molecule has 0 bridgehead atoms. The molecule has 0 heterocycles. The summed E-state index contributed by atoms with van der Waals surface area (Å²) in [5.74, 6) is 4.16. The van der Waals surface area contributed by atoms with Gasteiger partial charge in [0, 0.05) is 0 Å². The van der Waals surface area contributed by atoms with Crippen LogP contribution in [-0.2, 0) is 0 Å². The van der Waals surface area contributed by atoms with Crippen molar-refractivity contribution in [1.82, 2.24) is 0 Å². The molecular weight excluding hydrogens is 180 g/mol. The maximum Gasteiger partial charge on any atom is -0.0210 e. The third-order valence-electron chi connectivity index (χ3n) is 6.63. The van der Waals surface area contributed by atoms with Crippen LogP contribution >= 0.6 is 0 Å². The van der Waals surface area contributed by atoms with Crippen LogP contribution in [0.15, 0.2) is 0 Å². The number of fused-ring (bicyclic) bond motifs is 2. The summed E-state index contributed by atoms with van der Waals surface area (Å²) in [6.45, 7) is 10.1. The van der Waals surface area contributed by atoms with Crippen LogP contribution in [-0.4, -0.2) is 0 Å². The predicted octanol–water partition coefficient (Wildman–Crippen LogP) is 4.49. The zero-order valence-corrected chi connectivity index (χ0v) is 10.8. The molecule has 0 N–H and O–H groups in total. The molecule has 2 unspecified atom stereocenters. The van der Waals surface area contributed by atoms with Crippen molar-refractivity contribution in [3.05, 3.63) is 0 Å². The van der Waals surface area contributed by atoms with Gasteiger partial charge in [-0.3, -0.25) is 0 Å². The van der Waals surface area contributed by atoms with Crippen molar-refractivity contribution in [2.24, 2.45) is 34.5 Å². The second-order valence-corrected chi connectivity index (χ2v) is 7.29. The lowest BCUT2D eigenvalue weighted by Gasteiger charge is -2.48. The van der Waals surface area contributed by atoms with Crippen molar-refractivity contribution in [3.8, 4) is 0 Å². The third-order valence-corrected chi connectivity index (χ3v) is 6.63. The minimum Gasteiger partial charge on any atom is -0.0620 e. The Morgan fingerprint density at radius 3 is 2.00 bits per heavy atom. The Balaban J connectivity index is 1.95. The summed E-state index contributed by atoms with van der Waals surface area (Å²) in [7, 11) is 0. The normalized spacial score (nSPS) is 56.8. The molecule has 86 valence electrons. The first kappa shape index (κ1) is 10.2. The second-order valence-electron chi connectivity index (χ2n) is 7.29. The largest absolute Gasteiger partial charge is 0.0620 e. The van der Waals surface area contributed by atoms with E-state index in [0.29, 0.717) is 5.41 Å². The summed E-state index contributed by atoms with van der Waals surface area (Å²) in [5.41, 5.74) is 1.45. The average molecular weight is 206 g/mol. The highest BCUT2D eigenvalue weighted by Gasteiger charge is 2.72. The lowest BCUT2D eigenvalue weighted by molar-refractivity contribution is 0.00924. The van der Waals surface area contributed by atoms with Crippen molar-refractivity contribution in [1.29, 1.82) is 0 Å². The van der Waals surface area contributed by atoms with Gasteiger partial charge in [0.15, 0.2) is 0 Å². The van der Waals surface area contributed by atoms with E-state index in [4.69, 9.17) is 0 Å². The highest BCUT2D eigenvalue weighted by molar-refractivity contribution is 5.20. The van der Waals surface area contributed by atoms with Crippen LogP contribution in [0.2, 0.25) is 0 Å². The maximum atomic E-state index is 2.55. The first-order chi connectivity index (χ1) is 7.01. The molecule has 0 aromatic rings. The molecule has 0 amide bonds. The van der Waals surface area contributed by atoms with E-state index in [1.165, 1.54) is 25.7 Å². The molecule has 3 saturated carbocycles. The van der Waals surface area contributed by atoms with Gasteiger partial charge in [-0.1, -0.05) is 47.0 Å². The lowest BCUT2D eigenvalue weighted by atomic mass is 9.57. The van der Waals surface area contributed by atoms with E-state index in [0.717, 1.165) is 29.1 Å². The first-order valence-electron chi connectivity index (χ1n) is 7.01. The van der Waals surface area contributed by atoms with Crippen LogP contribution in [0, 0.1) is 34.5 Å². The third kappa shape index (κ3) is 1.04. The van der Waals surface area contributed by atoms with Gasteiger partial charge in [0.05, 0.1) is 0 Å². The number of hydrogen-bond donors (Lipinski definition) is 0. The van der Waals surface area contributed by atoms with E-state index in [-0.39, 0.29) is 0 Å². The van der Waals surface area contributed by atoms with Gasteiger partial charge < -0.3 is 0 Å². The fraction of sp³-hybridized carbons (Fsp3) is 1.00. The van der Waals surface area contributed by atoms with Gasteiger partial charge in [0.25, 0.3) is 0 Å². The molecular formula is C15H26. The zero-order chi connectivity index (χ0) is 10.8. The first-order valence-corrected chi connectivity index (χ1v) is 7.01. The molecule has 0 saturated heterocycles. The van der Waals surface area contributed by atoms with Gasteiger partial charge >= 0.3 is 0 Å². The molecule has 3 aliphatic carbocycles. The van der Waals surface area contributed by atoms with Gasteiger partial charge in [-0.2, -0.15) is 0 Å². The standard InChI is InChI=1S/C15H26/c1-10-6-5-7-11(2)15(10)9-8-12-13(15)14(12,3)4/h10-13H,5-9H2,1-4H3/t10-,11?,12-,13+,15?/m1/s1. The van der Waals surface area contributed by atoms with E-state index >= 15 is 0 Å². The molecule has 1 spiro atoms. The van der Waals surface area contributed by atoms with E-state index in [9.17, 15) is 0 Å². The number of rotatable bonds is 0. The summed E-state index contributed by atoms with van der Waals surface area (Å²) < 4.78 is 0. The predicted molar refractivity (Wildman–Crippen MR) is 64.6 cm³/mol. The lowest BCUT2D eigenvalue weighted by Crippen LogP contribution is -2.40. The summed E-state index contributed by atoms with van der Waals surface area (Å²) in [5, 5.41) is 0. The van der Waals surface area contributed by atoms with Crippen LogP contribution in [0.3, 0.4) is 0 Å². The topological polar surface area (TPSA) is 0 Å². The van der Waals surface area contributed by atoms with Gasteiger partial charge in [0.2, 0.25) is 0 Å². The Hall–Kier alpha value is 0.